The zero-order chi connectivity index (χ0) is 14.2. The van der Waals surface area contributed by atoms with E-state index in [1.807, 2.05) is 7.05 Å². The van der Waals surface area contributed by atoms with Crippen LogP contribution in [0.15, 0.2) is 6.33 Å². The van der Waals surface area contributed by atoms with Gasteiger partial charge in [0.2, 0.25) is 0 Å². The molecule has 20 heavy (non-hydrogen) atoms. The van der Waals surface area contributed by atoms with Crippen LogP contribution in [0.2, 0.25) is 0 Å². The Balaban J connectivity index is 1.83. The predicted molar refractivity (Wildman–Crippen MR) is 80.1 cm³/mol. The number of hydrogen-bond donors (Lipinski definition) is 2. The number of aliphatic hydroxyl groups is 1. The van der Waals surface area contributed by atoms with E-state index in [1.165, 1.54) is 12.8 Å². The second-order valence-corrected chi connectivity index (χ2v) is 6.16. The summed E-state index contributed by atoms with van der Waals surface area (Å²) in [6.45, 7) is 3.86. The Labute approximate surface area is 120 Å². The topological polar surface area (TPSA) is 61.3 Å². The van der Waals surface area contributed by atoms with Gasteiger partial charge in [0.25, 0.3) is 0 Å². The number of anilines is 2. The number of nitrogens with one attached hydrogen (secondary N) is 1. The summed E-state index contributed by atoms with van der Waals surface area (Å²) in [6.07, 6.45) is 6.99. The summed E-state index contributed by atoms with van der Waals surface area (Å²) in [6, 6.07) is 0. The lowest BCUT2D eigenvalue weighted by molar-refractivity contribution is -0.0613. The number of fused-ring (bicyclic) bond motifs is 1. The van der Waals surface area contributed by atoms with E-state index in [1.54, 1.807) is 6.33 Å². The first kappa shape index (κ1) is 13.6. The van der Waals surface area contributed by atoms with Crippen molar-refractivity contribution >= 4 is 11.6 Å². The van der Waals surface area contributed by atoms with Gasteiger partial charge in [-0.2, -0.15) is 0 Å². The third-order valence-corrected chi connectivity index (χ3v) is 5.02. The molecule has 1 saturated heterocycles. The highest BCUT2D eigenvalue weighted by molar-refractivity contribution is 5.58. The number of rotatable bonds is 2. The number of piperidine rings is 1. The molecule has 0 aromatic carbocycles. The zero-order valence-electron chi connectivity index (χ0n) is 12.4. The first-order valence-corrected chi connectivity index (χ1v) is 7.61. The molecular weight excluding hydrogens is 252 g/mol. The fourth-order valence-corrected chi connectivity index (χ4v) is 3.77. The van der Waals surface area contributed by atoms with Crippen molar-refractivity contribution in [2.45, 2.75) is 44.6 Å². The van der Waals surface area contributed by atoms with Gasteiger partial charge in [-0.1, -0.05) is 12.8 Å². The van der Waals surface area contributed by atoms with Gasteiger partial charge in [-0.25, -0.2) is 9.97 Å². The van der Waals surface area contributed by atoms with Crippen molar-refractivity contribution in [3.63, 3.8) is 0 Å². The van der Waals surface area contributed by atoms with Crippen LogP contribution in [0, 0.1) is 12.8 Å². The minimum absolute atomic E-state index is 0.386. The summed E-state index contributed by atoms with van der Waals surface area (Å²) in [4.78, 5) is 11.0. The molecule has 0 radical (unpaired) electrons. The largest absolute Gasteiger partial charge is 0.389 e. The maximum atomic E-state index is 10.8. The summed E-state index contributed by atoms with van der Waals surface area (Å²) in [5, 5.41) is 13.9. The molecule has 2 N–H and O–H groups in total. The maximum Gasteiger partial charge on any atom is 0.137 e. The van der Waals surface area contributed by atoms with Crippen molar-refractivity contribution in [1.29, 1.82) is 0 Å². The quantitative estimate of drug-likeness (QED) is 0.864. The molecule has 2 heterocycles. The van der Waals surface area contributed by atoms with Gasteiger partial charge < -0.3 is 15.3 Å². The normalized spacial score (nSPS) is 29.9. The van der Waals surface area contributed by atoms with Crippen molar-refractivity contribution < 1.29 is 5.11 Å². The Hall–Kier alpha value is -1.36. The van der Waals surface area contributed by atoms with Gasteiger partial charge in [0, 0.05) is 31.6 Å². The molecule has 3 rings (SSSR count). The fourth-order valence-electron chi connectivity index (χ4n) is 3.77. The highest BCUT2D eigenvalue weighted by Crippen LogP contribution is 2.41. The molecule has 2 unspecified atom stereocenters. The lowest BCUT2D eigenvalue weighted by Crippen LogP contribution is -2.53. The summed E-state index contributed by atoms with van der Waals surface area (Å²) in [7, 11) is 1.88. The Kier molecular flexibility index (Phi) is 3.54. The van der Waals surface area contributed by atoms with Crippen molar-refractivity contribution in [3.05, 3.63) is 11.9 Å². The SMILES string of the molecule is CNc1ncnc(N2CCC3(O)CCCCC3C2)c1C. The van der Waals surface area contributed by atoms with Crippen LogP contribution in [0.4, 0.5) is 11.6 Å². The molecule has 1 saturated carbocycles. The van der Waals surface area contributed by atoms with Gasteiger partial charge in [0.05, 0.1) is 5.60 Å². The standard InChI is InChI=1S/C15H24N4O/c1-11-13(16-2)17-10-18-14(11)19-8-7-15(20)6-4-3-5-12(15)9-19/h10,12,20H,3-9H2,1-2H3,(H,16,17,18). The number of aromatic nitrogens is 2. The van der Waals surface area contributed by atoms with Crippen molar-refractivity contribution in [2.75, 3.05) is 30.4 Å². The Morgan fingerprint density at radius 2 is 2.20 bits per heavy atom. The average Bonchev–Trinajstić information content (AvgIpc) is 2.47. The molecule has 2 aliphatic rings. The molecule has 2 fully saturated rings. The molecule has 1 aliphatic heterocycles. The highest BCUT2D eigenvalue weighted by Gasteiger charge is 2.43. The van der Waals surface area contributed by atoms with Crippen LogP contribution in [0.1, 0.15) is 37.7 Å². The van der Waals surface area contributed by atoms with E-state index in [-0.39, 0.29) is 0 Å². The third-order valence-electron chi connectivity index (χ3n) is 5.02. The van der Waals surface area contributed by atoms with E-state index in [9.17, 15) is 5.11 Å². The van der Waals surface area contributed by atoms with E-state index < -0.39 is 5.60 Å². The van der Waals surface area contributed by atoms with Crippen LogP contribution in [-0.4, -0.2) is 40.8 Å². The van der Waals surface area contributed by atoms with Crippen LogP contribution in [-0.2, 0) is 0 Å². The van der Waals surface area contributed by atoms with Gasteiger partial charge in [-0.05, 0) is 26.2 Å². The van der Waals surface area contributed by atoms with E-state index in [0.29, 0.717) is 5.92 Å². The minimum atomic E-state index is -0.429. The fraction of sp³-hybridized carbons (Fsp3) is 0.733. The maximum absolute atomic E-state index is 10.8. The molecular formula is C15H24N4O. The van der Waals surface area contributed by atoms with Gasteiger partial charge >= 0.3 is 0 Å². The summed E-state index contributed by atoms with van der Waals surface area (Å²) in [5.41, 5.74) is 0.665. The molecule has 1 aromatic rings. The molecule has 0 bridgehead atoms. The first-order valence-electron chi connectivity index (χ1n) is 7.61. The molecule has 110 valence electrons. The molecule has 1 aliphatic carbocycles. The highest BCUT2D eigenvalue weighted by atomic mass is 16.3. The third kappa shape index (κ3) is 2.24. The molecule has 0 spiro atoms. The molecule has 5 heteroatoms. The van der Waals surface area contributed by atoms with E-state index in [2.05, 4.69) is 27.1 Å². The smallest absolute Gasteiger partial charge is 0.137 e. The van der Waals surface area contributed by atoms with Crippen LogP contribution < -0.4 is 10.2 Å². The second kappa shape index (κ2) is 5.20. The minimum Gasteiger partial charge on any atom is -0.389 e. The molecule has 2 atom stereocenters. The Bertz CT molecular complexity index is 493. The Morgan fingerprint density at radius 3 is 3.00 bits per heavy atom. The zero-order valence-corrected chi connectivity index (χ0v) is 12.4. The van der Waals surface area contributed by atoms with Crippen LogP contribution in [0.25, 0.3) is 0 Å². The summed E-state index contributed by atoms with van der Waals surface area (Å²) < 4.78 is 0. The molecule has 1 aromatic heterocycles. The first-order chi connectivity index (χ1) is 9.64. The van der Waals surface area contributed by atoms with Crippen molar-refractivity contribution in [2.24, 2.45) is 5.92 Å². The van der Waals surface area contributed by atoms with E-state index in [0.717, 1.165) is 49.6 Å². The van der Waals surface area contributed by atoms with E-state index >= 15 is 0 Å². The lowest BCUT2D eigenvalue weighted by atomic mass is 9.71. The van der Waals surface area contributed by atoms with Gasteiger partial charge in [-0.15, -0.1) is 0 Å². The van der Waals surface area contributed by atoms with Crippen LogP contribution in [0.5, 0.6) is 0 Å². The van der Waals surface area contributed by atoms with Gasteiger partial charge in [0.1, 0.15) is 18.0 Å². The summed E-state index contributed by atoms with van der Waals surface area (Å²) in [5.74, 6) is 2.29. The number of hydrogen-bond acceptors (Lipinski definition) is 5. The van der Waals surface area contributed by atoms with Crippen LogP contribution in [0.3, 0.4) is 0 Å². The number of nitrogens with zero attached hydrogens (tertiary/aromatic N) is 3. The Morgan fingerprint density at radius 1 is 1.35 bits per heavy atom. The average molecular weight is 276 g/mol. The molecule has 0 amide bonds. The van der Waals surface area contributed by atoms with Crippen molar-refractivity contribution in [1.82, 2.24) is 9.97 Å². The van der Waals surface area contributed by atoms with E-state index in [4.69, 9.17) is 0 Å². The van der Waals surface area contributed by atoms with Crippen LogP contribution >= 0.6 is 0 Å². The molecule has 5 nitrogen and oxygen atoms in total. The van der Waals surface area contributed by atoms with Gasteiger partial charge in [0.15, 0.2) is 0 Å². The van der Waals surface area contributed by atoms with Crippen molar-refractivity contribution in [3.8, 4) is 0 Å². The lowest BCUT2D eigenvalue weighted by Gasteiger charge is -2.48. The second-order valence-electron chi connectivity index (χ2n) is 6.16. The monoisotopic (exact) mass is 276 g/mol. The van der Waals surface area contributed by atoms with Gasteiger partial charge in [-0.3, -0.25) is 0 Å². The summed E-state index contributed by atoms with van der Waals surface area (Å²) >= 11 is 0. The predicted octanol–water partition coefficient (Wildman–Crippen LogP) is 1.96.